The number of aromatic nitrogens is 2. The summed E-state index contributed by atoms with van der Waals surface area (Å²) in [7, 11) is 0. The molecule has 3 heterocycles. The Labute approximate surface area is 188 Å². The van der Waals surface area contributed by atoms with Crippen LogP contribution in [0.2, 0.25) is 5.02 Å². The molecule has 29 heavy (non-hydrogen) atoms. The molecular formula is C22H29Cl2N3OS. The van der Waals surface area contributed by atoms with E-state index in [0.717, 1.165) is 73.5 Å². The van der Waals surface area contributed by atoms with Crippen LogP contribution in [-0.2, 0) is 17.8 Å². The van der Waals surface area contributed by atoms with Gasteiger partial charge in [0.15, 0.2) is 0 Å². The Bertz CT molecular complexity index is 929. The summed E-state index contributed by atoms with van der Waals surface area (Å²) in [5.41, 5.74) is 3.47. The third kappa shape index (κ3) is 4.97. The van der Waals surface area contributed by atoms with Gasteiger partial charge < -0.3 is 9.30 Å². The molecule has 0 atom stereocenters. The highest BCUT2D eigenvalue weighted by Crippen LogP contribution is 2.37. The molecule has 0 spiro atoms. The number of benzene rings is 1. The SMILES string of the molecule is CCN(CC)Cc1csc(-c2cn(CC3CCOCC3)c3c(Cl)cccc23)n1.Cl. The molecule has 158 valence electrons. The van der Waals surface area contributed by atoms with Crippen LogP contribution in [0.3, 0.4) is 0 Å². The molecule has 1 aliphatic heterocycles. The van der Waals surface area contributed by atoms with Gasteiger partial charge in [-0.15, -0.1) is 23.7 Å². The minimum atomic E-state index is 0. The molecule has 1 aliphatic rings. The first-order chi connectivity index (χ1) is 13.7. The van der Waals surface area contributed by atoms with E-state index in [1.54, 1.807) is 11.3 Å². The summed E-state index contributed by atoms with van der Waals surface area (Å²) >= 11 is 8.35. The van der Waals surface area contributed by atoms with Gasteiger partial charge in [0.2, 0.25) is 0 Å². The molecule has 0 saturated carbocycles. The second kappa shape index (κ2) is 10.3. The van der Waals surface area contributed by atoms with Gasteiger partial charge in [-0.3, -0.25) is 4.90 Å². The molecule has 1 fully saturated rings. The molecule has 4 rings (SSSR count). The standard InChI is InChI=1S/C22H28ClN3OS.ClH/c1-3-25(4-2)13-17-15-28-22(24-17)19-14-26(12-16-8-10-27-11-9-16)21-18(19)6-5-7-20(21)23;/h5-7,14-16H,3-4,8-13H2,1-2H3;1H. The molecule has 0 bridgehead atoms. The van der Waals surface area contributed by atoms with Gasteiger partial charge in [-0.25, -0.2) is 4.98 Å². The van der Waals surface area contributed by atoms with E-state index in [1.807, 2.05) is 12.1 Å². The molecule has 2 aromatic heterocycles. The number of halogens is 2. The third-order valence-corrected chi connectivity index (χ3v) is 6.94. The zero-order valence-electron chi connectivity index (χ0n) is 17.1. The van der Waals surface area contributed by atoms with Crippen molar-refractivity contribution >= 4 is 46.2 Å². The number of fused-ring (bicyclic) bond motifs is 1. The fourth-order valence-electron chi connectivity index (χ4n) is 4.02. The number of ether oxygens (including phenoxy) is 1. The van der Waals surface area contributed by atoms with Crippen molar-refractivity contribution in [2.24, 2.45) is 5.92 Å². The van der Waals surface area contributed by atoms with E-state index in [2.05, 4.69) is 41.0 Å². The summed E-state index contributed by atoms with van der Waals surface area (Å²) in [5, 5.41) is 5.29. The number of thiazole rings is 1. The zero-order chi connectivity index (χ0) is 19.5. The van der Waals surface area contributed by atoms with Crippen LogP contribution < -0.4 is 0 Å². The monoisotopic (exact) mass is 453 g/mol. The lowest BCUT2D eigenvalue weighted by atomic mass is 10.0. The van der Waals surface area contributed by atoms with Crippen molar-refractivity contribution in [1.29, 1.82) is 0 Å². The van der Waals surface area contributed by atoms with Gasteiger partial charge in [0.25, 0.3) is 0 Å². The van der Waals surface area contributed by atoms with Crippen molar-refractivity contribution in [3.63, 3.8) is 0 Å². The van der Waals surface area contributed by atoms with Gasteiger partial charge in [0.05, 0.1) is 16.2 Å². The van der Waals surface area contributed by atoms with Crippen molar-refractivity contribution in [3.05, 3.63) is 40.5 Å². The van der Waals surface area contributed by atoms with E-state index in [4.69, 9.17) is 21.3 Å². The van der Waals surface area contributed by atoms with Gasteiger partial charge in [0.1, 0.15) is 5.01 Å². The van der Waals surface area contributed by atoms with Crippen LogP contribution in [-0.4, -0.2) is 40.8 Å². The normalized spacial score (nSPS) is 15.2. The number of hydrogen-bond acceptors (Lipinski definition) is 4. The van der Waals surface area contributed by atoms with Gasteiger partial charge in [0, 0.05) is 48.8 Å². The molecule has 0 unspecified atom stereocenters. The van der Waals surface area contributed by atoms with E-state index < -0.39 is 0 Å². The Morgan fingerprint density at radius 3 is 2.72 bits per heavy atom. The Hall–Kier alpha value is -1.11. The van der Waals surface area contributed by atoms with Crippen LogP contribution >= 0.6 is 35.3 Å². The molecule has 1 aromatic carbocycles. The van der Waals surface area contributed by atoms with E-state index in [9.17, 15) is 0 Å². The molecule has 0 N–H and O–H groups in total. The first kappa shape index (κ1) is 22.6. The van der Waals surface area contributed by atoms with Crippen molar-refractivity contribution in [2.75, 3.05) is 26.3 Å². The highest BCUT2D eigenvalue weighted by molar-refractivity contribution is 7.13. The minimum absolute atomic E-state index is 0. The smallest absolute Gasteiger partial charge is 0.125 e. The number of rotatable bonds is 7. The van der Waals surface area contributed by atoms with Crippen LogP contribution in [0.25, 0.3) is 21.5 Å². The largest absolute Gasteiger partial charge is 0.381 e. The lowest BCUT2D eigenvalue weighted by Crippen LogP contribution is -2.22. The van der Waals surface area contributed by atoms with E-state index in [-0.39, 0.29) is 12.4 Å². The zero-order valence-corrected chi connectivity index (χ0v) is 19.5. The predicted molar refractivity (Wildman–Crippen MR) is 125 cm³/mol. The second-order valence-electron chi connectivity index (χ2n) is 7.49. The molecule has 4 nitrogen and oxygen atoms in total. The maximum atomic E-state index is 6.62. The van der Waals surface area contributed by atoms with Crippen molar-refractivity contribution in [3.8, 4) is 10.6 Å². The average Bonchev–Trinajstić information content (AvgIpc) is 3.32. The minimum Gasteiger partial charge on any atom is -0.381 e. The predicted octanol–water partition coefficient (Wildman–Crippen LogP) is 6.11. The second-order valence-corrected chi connectivity index (χ2v) is 8.76. The maximum absolute atomic E-state index is 6.62. The highest BCUT2D eigenvalue weighted by atomic mass is 35.5. The molecule has 1 saturated heterocycles. The Balaban J connectivity index is 0.00000240. The molecule has 3 aromatic rings. The first-order valence-electron chi connectivity index (χ1n) is 10.2. The Morgan fingerprint density at radius 1 is 1.24 bits per heavy atom. The van der Waals surface area contributed by atoms with Crippen LogP contribution in [0, 0.1) is 5.92 Å². The third-order valence-electron chi connectivity index (χ3n) is 5.71. The van der Waals surface area contributed by atoms with Crippen LogP contribution in [0.5, 0.6) is 0 Å². The van der Waals surface area contributed by atoms with Crippen LogP contribution in [0.15, 0.2) is 29.8 Å². The van der Waals surface area contributed by atoms with Gasteiger partial charge in [-0.2, -0.15) is 0 Å². The summed E-state index contributed by atoms with van der Waals surface area (Å²) in [6, 6.07) is 6.20. The topological polar surface area (TPSA) is 30.3 Å². The van der Waals surface area contributed by atoms with E-state index >= 15 is 0 Å². The van der Waals surface area contributed by atoms with Gasteiger partial charge in [-0.05, 0) is 37.9 Å². The van der Waals surface area contributed by atoms with Crippen molar-refractivity contribution in [2.45, 2.75) is 39.8 Å². The number of para-hydroxylation sites is 1. The highest BCUT2D eigenvalue weighted by Gasteiger charge is 2.20. The van der Waals surface area contributed by atoms with Crippen LogP contribution in [0.4, 0.5) is 0 Å². The van der Waals surface area contributed by atoms with Gasteiger partial charge in [-0.1, -0.05) is 37.6 Å². The van der Waals surface area contributed by atoms with Crippen LogP contribution in [0.1, 0.15) is 32.4 Å². The van der Waals surface area contributed by atoms with E-state index in [0.29, 0.717) is 5.92 Å². The lowest BCUT2D eigenvalue weighted by Gasteiger charge is -2.23. The maximum Gasteiger partial charge on any atom is 0.125 e. The summed E-state index contributed by atoms with van der Waals surface area (Å²) in [4.78, 5) is 7.35. The number of hydrogen-bond donors (Lipinski definition) is 0. The van der Waals surface area contributed by atoms with Gasteiger partial charge >= 0.3 is 0 Å². The summed E-state index contributed by atoms with van der Waals surface area (Å²) < 4.78 is 7.87. The summed E-state index contributed by atoms with van der Waals surface area (Å²) in [6.07, 6.45) is 4.49. The quantitative estimate of drug-likeness (QED) is 0.432. The Kier molecular flexibility index (Phi) is 7.99. The lowest BCUT2D eigenvalue weighted by molar-refractivity contribution is 0.0616. The summed E-state index contributed by atoms with van der Waals surface area (Å²) in [5.74, 6) is 0.642. The number of nitrogens with zero attached hydrogens (tertiary/aromatic N) is 3. The first-order valence-corrected chi connectivity index (χ1v) is 11.5. The molecular weight excluding hydrogens is 425 g/mol. The average molecular weight is 454 g/mol. The molecule has 0 radical (unpaired) electrons. The molecule has 0 aliphatic carbocycles. The molecule has 7 heteroatoms. The van der Waals surface area contributed by atoms with Crippen molar-refractivity contribution in [1.82, 2.24) is 14.5 Å². The fourth-order valence-corrected chi connectivity index (χ4v) is 5.13. The fraction of sp³-hybridized carbons (Fsp3) is 0.500. The summed E-state index contributed by atoms with van der Waals surface area (Å²) in [6.45, 7) is 10.1. The van der Waals surface area contributed by atoms with E-state index in [1.165, 1.54) is 10.9 Å². The van der Waals surface area contributed by atoms with Crippen molar-refractivity contribution < 1.29 is 4.74 Å². The molecule has 0 amide bonds. The Morgan fingerprint density at radius 2 is 2.00 bits per heavy atom.